The summed E-state index contributed by atoms with van der Waals surface area (Å²) in [4.78, 5) is 13.8. The molecule has 3 nitrogen and oxygen atoms in total. The van der Waals surface area contributed by atoms with Crippen molar-refractivity contribution in [3.8, 4) is 5.75 Å². The van der Waals surface area contributed by atoms with Crippen LogP contribution in [0.1, 0.15) is 6.92 Å². The monoisotopic (exact) mass is 225 g/mol. The molecule has 0 amide bonds. The number of aromatic amines is 1. The second-order valence-corrected chi connectivity index (χ2v) is 3.25. The highest BCUT2D eigenvalue weighted by molar-refractivity contribution is 5.79. The molecule has 16 heavy (non-hydrogen) atoms. The van der Waals surface area contributed by atoms with Gasteiger partial charge in [0.1, 0.15) is 0 Å². The molecule has 5 heteroatoms. The van der Waals surface area contributed by atoms with Crippen LogP contribution in [0.2, 0.25) is 0 Å². The van der Waals surface area contributed by atoms with E-state index in [9.17, 15) is 13.6 Å². The van der Waals surface area contributed by atoms with Crippen molar-refractivity contribution in [2.45, 2.75) is 6.92 Å². The van der Waals surface area contributed by atoms with Gasteiger partial charge >= 0.3 is 0 Å². The average molecular weight is 225 g/mol. The van der Waals surface area contributed by atoms with Crippen molar-refractivity contribution in [3.05, 3.63) is 40.2 Å². The zero-order valence-electron chi connectivity index (χ0n) is 8.51. The van der Waals surface area contributed by atoms with Crippen LogP contribution in [-0.4, -0.2) is 11.6 Å². The summed E-state index contributed by atoms with van der Waals surface area (Å²) in [6, 6.07) is 3.35. The Morgan fingerprint density at radius 1 is 1.25 bits per heavy atom. The molecule has 0 unspecified atom stereocenters. The second-order valence-electron chi connectivity index (χ2n) is 3.25. The summed E-state index contributed by atoms with van der Waals surface area (Å²) in [6.07, 6.45) is 0. The molecular formula is C11H9F2NO2. The fourth-order valence-electron chi connectivity index (χ4n) is 1.44. The summed E-state index contributed by atoms with van der Waals surface area (Å²) >= 11 is 0. The predicted octanol–water partition coefficient (Wildman–Crippen LogP) is 2.21. The van der Waals surface area contributed by atoms with Gasteiger partial charge in [0.25, 0.3) is 5.56 Å². The summed E-state index contributed by atoms with van der Waals surface area (Å²) in [5, 5.41) is 0.391. The van der Waals surface area contributed by atoms with E-state index < -0.39 is 17.2 Å². The van der Waals surface area contributed by atoms with Crippen molar-refractivity contribution in [3.63, 3.8) is 0 Å². The van der Waals surface area contributed by atoms with Gasteiger partial charge in [0, 0.05) is 11.5 Å². The molecule has 1 heterocycles. The molecule has 2 aromatic rings. The van der Waals surface area contributed by atoms with Gasteiger partial charge in [0.05, 0.1) is 12.1 Å². The van der Waals surface area contributed by atoms with Crippen LogP contribution in [0.3, 0.4) is 0 Å². The van der Waals surface area contributed by atoms with Crippen molar-refractivity contribution < 1.29 is 13.5 Å². The lowest BCUT2D eigenvalue weighted by Gasteiger charge is -2.04. The Kier molecular flexibility index (Phi) is 2.60. The van der Waals surface area contributed by atoms with Gasteiger partial charge < -0.3 is 9.72 Å². The number of nitrogens with one attached hydrogen (secondary N) is 1. The van der Waals surface area contributed by atoms with Crippen molar-refractivity contribution in [1.82, 2.24) is 4.98 Å². The predicted molar refractivity (Wildman–Crippen MR) is 55.7 cm³/mol. The highest BCUT2D eigenvalue weighted by Crippen LogP contribution is 2.18. The normalized spacial score (nSPS) is 10.7. The standard InChI is InChI=1S/C11H9F2NO2/c1-2-16-10-4-6-3-7(12)8(13)5-9(6)14-11(10)15/h3-5H,2H2,1H3,(H,14,15). The largest absolute Gasteiger partial charge is 0.488 e. The topological polar surface area (TPSA) is 42.1 Å². The molecule has 0 aliphatic rings. The molecule has 2 rings (SSSR count). The van der Waals surface area contributed by atoms with E-state index >= 15 is 0 Å². The fraction of sp³-hybridized carbons (Fsp3) is 0.182. The molecule has 1 N–H and O–H groups in total. The average Bonchev–Trinajstić information content (AvgIpc) is 2.23. The van der Waals surface area contributed by atoms with Crippen LogP contribution >= 0.6 is 0 Å². The molecule has 1 aromatic carbocycles. The number of halogens is 2. The minimum atomic E-state index is -0.993. The Hall–Kier alpha value is -1.91. The number of benzene rings is 1. The highest BCUT2D eigenvalue weighted by atomic mass is 19.2. The Bertz CT molecular complexity index is 592. The number of hydrogen-bond acceptors (Lipinski definition) is 2. The highest BCUT2D eigenvalue weighted by Gasteiger charge is 2.07. The van der Waals surface area contributed by atoms with Gasteiger partial charge in [0.2, 0.25) is 0 Å². The molecule has 0 aliphatic carbocycles. The lowest BCUT2D eigenvalue weighted by atomic mass is 10.2. The Balaban J connectivity index is 2.70. The molecule has 0 radical (unpaired) electrons. The maximum atomic E-state index is 13.0. The molecule has 0 bridgehead atoms. The summed E-state index contributed by atoms with van der Waals surface area (Å²) in [7, 11) is 0. The zero-order valence-corrected chi connectivity index (χ0v) is 8.51. The SMILES string of the molecule is CCOc1cc2cc(F)c(F)cc2[nH]c1=O. The molecule has 0 atom stereocenters. The smallest absolute Gasteiger partial charge is 0.290 e. The first-order chi connectivity index (χ1) is 7.61. The lowest BCUT2D eigenvalue weighted by Crippen LogP contribution is -2.10. The van der Waals surface area contributed by atoms with Crippen molar-refractivity contribution in [2.24, 2.45) is 0 Å². The van der Waals surface area contributed by atoms with Crippen molar-refractivity contribution in [2.75, 3.05) is 6.61 Å². The first-order valence-electron chi connectivity index (χ1n) is 4.76. The van der Waals surface area contributed by atoms with Crippen LogP contribution in [0.4, 0.5) is 8.78 Å². The number of pyridine rings is 1. The Morgan fingerprint density at radius 2 is 1.94 bits per heavy atom. The number of ether oxygens (including phenoxy) is 1. The molecular weight excluding hydrogens is 216 g/mol. The van der Waals surface area contributed by atoms with E-state index in [0.29, 0.717) is 12.0 Å². The van der Waals surface area contributed by atoms with Gasteiger partial charge in [-0.3, -0.25) is 4.79 Å². The van der Waals surface area contributed by atoms with Crippen molar-refractivity contribution in [1.29, 1.82) is 0 Å². The van der Waals surface area contributed by atoms with E-state index in [1.165, 1.54) is 6.07 Å². The first kappa shape index (κ1) is 10.6. The Labute approximate surface area is 89.7 Å². The van der Waals surface area contributed by atoms with Crippen LogP contribution in [0.15, 0.2) is 23.0 Å². The van der Waals surface area contributed by atoms with Gasteiger partial charge in [-0.15, -0.1) is 0 Å². The van der Waals surface area contributed by atoms with Crippen LogP contribution in [0.25, 0.3) is 10.9 Å². The summed E-state index contributed by atoms with van der Waals surface area (Å²) in [6.45, 7) is 2.06. The molecule has 0 fully saturated rings. The van der Waals surface area contributed by atoms with E-state index in [4.69, 9.17) is 4.74 Å². The van der Waals surface area contributed by atoms with Gasteiger partial charge in [-0.1, -0.05) is 0 Å². The third kappa shape index (κ3) is 1.76. The second kappa shape index (κ2) is 3.92. The number of H-pyrrole nitrogens is 1. The van der Waals surface area contributed by atoms with Crippen LogP contribution < -0.4 is 10.3 Å². The number of hydrogen-bond donors (Lipinski definition) is 1. The fourth-order valence-corrected chi connectivity index (χ4v) is 1.44. The number of aromatic nitrogens is 1. The number of fused-ring (bicyclic) bond motifs is 1. The van der Waals surface area contributed by atoms with E-state index in [0.717, 1.165) is 12.1 Å². The van der Waals surface area contributed by atoms with E-state index in [2.05, 4.69) is 4.98 Å². The molecule has 0 saturated heterocycles. The van der Waals surface area contributed by atoms with Gasteiger partial charge in [-0.25, -0.2) is 8.78 Å². The molecule has 1 aromatic heterocycles. The van der Waals surface area contributed by atoms with Crippen LogP contribution in [0, 0.1) is 11.6 Å². The zero-order chi connectivity index (χ0) is 11.7. The third-order valence-electron chi connectivity index (χ3n) is 2.15. The lowest BCUT2D eigenvalue weighted by molar-refractivity contribution is 0.336. The van der Waals surface area contributed by atoms with E-state index in [-0.39, 0.29) is 11.3 Å². The molecule has 0 saturated carbocycles. The summed E-state index contributed by atoms with van der Waals surface area (Å²) in [5.41, 5.74) is -0.215. The molecule has 0 aliphatic heterocycles. The maximum Gasteiger partial charge on any atom is 0.290 e. The Morgan fingerprint density at radius 3 is 2.62 bits per heavy atom. The maximum absolute atomic E-state index is 13.0. The van der Waals surface area contributed by atoms with Crippen molar-refractivity contribution >= 4 is 10.9 Å². The van der Waals surface area contributed by atoms with Gasteiger partial charge in [-0.2, -0.15) is 0 Å². The van der Waals surface area contributed by atoms with Gasteiger partial charge in [0.15, 0.2) is 17.4 Å². The quantitative estimate of drug-likeness (QED) is 0.851. The molecule has 84 valence electrons. The molecule has 0 spiro atoms. The summed E-state index contributed by atoms with van der Waals surface area (Å²) < 4.78 is 30.9. The van der Waals surface area contributed by atoms with Gasteiger partial charge in [-0.05, 0) is 19.1 Å². The van der Waals surface area contributed by atoms with E-state index in [1.54, 1.807) is 6.92 Å². The van der Waals surface area contributed by atoms with Crippen LogP contribution in [0.5, 0.6) is 5.75 Å². The number of rotatable bonds is 2. The minimum absolute atomic E-state index is 0.0982. The minimum Gasteiger partial charge on any atom is -0.488 e. The first-order valence-corrected chi connectivity index (χ1v) is 4.76. The third-order valence-corrected chi connectivity index (χ3v) is 2.15. The van der Waals surface area contributed by atoms with Crippen LogP contribution in [-0.2, 0) is 0 Å². The van der Waals surface area contributed by atoms with E-state index in [1.807, 2.05) is 0 Å². The summed E-state index contributed by atoms with van der Waals surface area (Å²) in [5.74, 6) is -1.85.